The van der Waals surface area contributed by atoms with Crippen molar-refractivity contribution >= 4 is 8.60 Å². The highest BCUT2D eigenvalue weighted by Crippen LogP contribution is 2.47. The molecule has 0 saturated carbocycles. The second-order valence-corrected chi connectivity index (χ2v) is 7.73. The lowest BCUT2D eigenvalue weighted by atomic mass is 10.1. The van der Waals surface area contributed by atoms with Crippen LogP contribution in [0.2, 0.25) is 0 Å². The lowest BCUT2D eigenvalue weighted by Gasteiger charge is -2.25. The molecule has 1 fully saturated rings. The van der Waals surface area contributed by atoms with E-state index in [2.05, 4.69) is 4.94 Å². The fraction of sp³-hybridized carbons (Fsp3) is 0.444. The highest BCUT2D eigenvalue weighted by atomic mass is 31.2. The molecule has 0 aliphatic carbocycles. The van der Waals surface area contributed by atoms with Crippen LogP contribution in [0.5, 0.6) is 5.75 Å². The molecule has 9 nitrogen and oxygen atoms in total. The first-order chi connectivity index (χ1) is 14.4. The van der Waals surface area contributed by atoms with Gasteiger partial charge in [0.1, 0.15) is 12.0 Å². The number of H-pyrrole nitrogens is 1. The van der Waals surface area contributed by atoms with Gasteiger partial charge in [0, 0.05) is 5.56 Å². The van der Waals surface area contributed by atoms with Gasteiger partial charge in [0.2, 0.25) is 5.82 Å². The molecule has 0 spiro atoms. The first kappa shape index (κ1) is 22.5. The predicted octanol–water partition coefficient (Wildman–Crippen LogP) is 3.03. The largest absolute Gasteiger partial charge is 0.426 e. The average Bonchev–Trinajstić information content (AvgIpc) is 3.18. The van der Waals surface area contributed by atoms with Gasteiger partial charge in [0.05, 0.1) is 32.6 Å². The lowest BCUT2D eigenvalue weighted by molar-refractivity contribution is -0.0960. The zero-order chi connectivity index (χ0) is 21.7. The Morgan fingerprint density at radius 3 is 2.87 bits per heavy atom. The summed E-state index contributed by atoms with van der Waals surface area (Å²) in [7, 11) is -0.566. The van der Waals surface area contributed by atoms with E-state index in [9.17, 15) is 18.5 Å². The van der Waals surface area contributed by atoms with Crippen LogP contribution in [0.4, 0.5) is 8.92 Å². The second kappa shape index (κ2) is 10.2. The maximum Gasteiger partial charge on any atom is 0.397 e. The SMILES string of the molecule is COF.Cc1ccc2c(c1)COP(OCC1CCC(n3cc(F)c(=O)[nH]c3=O)O1)O2. The normalized spacial score (nSPS) is 22.6. The van der Waals surface area contributed by atoms with Crippen LogP contribution in [0.3, 0.4) is 0 Å². The molecule has 30 heavy (non-hydrogen) atoms. The number of nitrogens with one attached hydrogen (secondary N) is 1. The number of halogens is 2. The smallest absolute Gasteiger partial charge is 0.397 e. The molecule has 3 unspecified atom stereocenters. The Bertz CT molecular complexity index is 984. The molecule has 1 aromatic carbocycles. The molecule has 2 aliphatic heterocycles. The van der Waals surface area contributed by atoms with Crippen molar-refractivity contribution < 1.29 is 32.2 Å². The maximum atomic E-state index is 13.4. The summed E-state index contributed by atoms with van der Waals surface area (Å²) in [6.07, 6.45) is 1.05. The van der Waals surface area contributed by atoms with Crippen LogP contribution in [-0.2, 0) is 25.3 Å². The Balaban J connectivity index is 0.000000806. The van der Waals surface area contributed by atoms with E-state index in [0.29, 0.717) is 19.4 Å². The van der Waals surface area contributed by atoms with Gasteiger partial charge in [0.15, 0.2) is 0 Å². The quantitative estimate of drug-likeness (QED) is 0.721. The molecular weight excluding hydrogens is 425 g/mol. The molecule has 2 aromatic rings. The van der Waals surface area contributed by atoms with E-state index in [1.54, 1.807) is 0 Å². The number of hydrogen-bond donors (Lipinski definition) is 1. The Morgan fingerprint density at radius 1 is 1.33 bits per heavy atom. The molecule has 0 radical (unpaired) electrons. The van der Waals surface area contributed by atoms with Crippen molar-refractivity contribution in [2.75, 3.05) is 13.7 Å². The van der Waals surface area contributed by atoms with Crippen molar-refractivity contribution in [1.29, 1.82) is 0 Å². The summed E-state index contributed by atoms with van der Waals surface area (Å²) in [5.41, 5.74) is 0.364. The number of rotatable bonds is 4. The summed E-state index contributed by atoms with van der Waals surface area (Å²) < 4.78 is 47.0. The van der Waals surface area contributed by atoms with Gasteiger partial charge >= 0.3 is 14.3 Å². The van der Waals surface area contributed by atoms with Crippen molar-refractivity contribution in [2.45, 2.75) is 38.7 Å². The number of nitrogens with zero attached hydrogens (tertiary/aromatic N) is 1. The zero-order valence-electron chi connectivity index (χ0n) is 16.3. The number of aryl methyl sites for hydroxylation is 1. The maximum absolute atomic E-state index is 13.4. The highest BCUT2D eigenvalue weighted by Gasteiger charge is 2.31. The summed E-state index contributed by atoms with van der Waals surface area (Å²) in [5, 5.41) is 0. The molecule has 2 aliphatic rings. The van der Waals surface area contributed by atoms with Crippen molar-refractivity contribution in [2.24, 2.45) is 0 Å². The van der Waals surface area contributed by atoms with Crippen molar-refractivity contribution in [3.05, 3.63) is 62.2 Å². The van der Waals surface area contributed by atoms with Crippen molar-refractivity contribution in [3.63, 3.8) is 0 Å². The summed E-state index contributed by atoms with van der Waals surface area (Å²) >= 11 is 0. The molecule has 1 saturated heterocycles. The van der Waals surface area contributed by atoms with Crippen molar-refractivity contribution in [1.82, 2.24) is 9.55 Å². The van der Waals surface area contributed by atoms with Gasteiger partial charge in [-0.05, 0) is 30.4 Å². The summed E-state index contributed by atoms with van der Waals surface area (Å²) in [5.74, 6) is -0.280. The third kappa shape index (κ3) is 5.50. The number of ether oxygens (including phenoxy) is 1. The monoisotopic (exact) mass is 446 g/mol. The Labute approximate surface area is 171 Å². The first-order valence-corrected chi connectivity index (χ1v) is 10.2. The Hall–Kier alpha value is -2.17. The standard InChI is InChI=1S/C17H18FN2O6P.CH3FO/c1-10-2-4-14-11(6-10)8-23-27(26-14)24-9-12-3-5-15(25-12)20-7-13(18)16(21)19-17(20)22;1-3-2/h2,4,6-7,12,15H,3,5,8-9H2,1H3,(H,19,21,22);1H3. The minimum absolute atomic E-state index is 0.226. The Kier molecular flexibility index (Phi) is 7.68. The molecule has 4 rings (SSSR count). The fourth-order valence-corrected chi connectivity index (χ4v) is 4.09. The minimum Gasteiger partial charge on any atom is -0.426 e. The van der Waals surface area contributed by atoms with E-state index < -0.39 is 31.9 Å². The predicted molar refractivity (Wildman–Crippen MR) is 102 cm³/mol. The molecule has 12 heteroatoms. The highest BCUT2D eigenvalue weighted by molar-refractivity contribution is 7.42. The zero-order valence-corrected chi connectivity index (χ0v) is 17.2. The number of fused-ring (bicyclic) bond motifs is 1. The van der Waals surface area contributed by atoms with Crippen LogP contribution in [0.25, 0.3) is 0 Å². The van der Waals surface area contributed by atoms with E-state index in [0.717, 1.165) is 34.8 Å². The fourth-order valence-electron chi connectivity index (χ4n) is 3.04. The number of benzene rings is 1. The molecule has 1 N–H and O–H groups in total. The van der Waals surface area contributed by atoms with Gasteiger partial charge < -0.3 is 9.26 Å². The number of aromatic amines is 1. The van der Waals surface area contributed by atoms with Crippen LogP contribution in [0.1, 0.15) is 30.2 Å². The molecule has 3 heterocycles. The molecule has 164 valence electrons. The van der Waals surface area contributed by atoms with Gasteiger partial charge in [-0.25, -0.2) is 4.79 Å². The van der Waals surface area contributed by atoms with E-state index in [1.165, 1.54) is 0 Å². The average molecular weight is 446 g/mol. The van der Waals surface area contributed by atoms with Crippen LogP contribution in [0, 0.1) is 12.7 Å². The Morgan fingerprint density at radius 2 is 2.10 bits per heavy atom. The van der Waals surface area contributed by atoms with Gasteiger partial charge in [-0.1, -0.05) is 17.7 Å². The third-order valence-corrected chi connectivity index (χ3v) is 5.45. The topological polar surface area (TPSA) is 101 Å². The summed E-state index contributed by atoms with van der Waals surface area (Å²) in [6, 6.07) is 5.86. The van der Waals surface area contributed by atoms with Gasteiger partial charge in [-0.2, -0.15) is 9.33 Å². The van der Waals surface area contributed by atoms with Crippen LogP contribution >= 0.6 is 8.60 Å². The summed E-state index contributed by atoms with van der Waals surface area (Å²) in [6.45, 7) is 2.65. The lowest BCUT2D eigenvalue weighted by Crippen LogP contribution is -2.34. The molecular formula is C18H21F2N2O7P. The first-order valence-electron chi connectivity index (χ1n) is 9.06. The van der Waals surface area contributed by atoms with Crippen LogP contribution < -0.4 is 15.8 Å². The van der Waals surface area contributed by atoms with E-state index in [-0.39, 0.29) is 12.7 Å². The van der Waals surface area contributed by atoms with Gasteiger partial charge in [-0.15, -0.1) is 0 Å². The molecule has 0 bridgehead atoms. The van der Waals surface area contributed by atoms with Crippen LogP contribution in [-0.4, -0.2) is 29.4 Å². The van der Waals surface area contributed by atoms with E-state index in [4.69, 9.17) is 18.3 Å². The second-order valence-electron chi connectivity index (χ2n) is 6.58. The van der Waals surface area contributed by atoms with Gasteiger partial charge in [0.25, 0.3) is 5.56 Å². The van der Waals surface area contributed by atoms with Crippen molar-refractivity contribution in [3.8, 4) is 5.75 Å². The molecule has 3 atom stereocenters. The number of aromatic nitrogens is 2. The van der Waals surface area contributed by atoms with E-state index >= 15 is 0 Å². The van der Waals surface area contributed by atoms with E-state index in [1.807, 2.05) is 30.1 Å². The number of hydrogen-bond acceptors (Lipinski definition) is 7. The molecule has 1 aromatic heterocycles. The minimum atomic E-state index is -1.52. The molecule has 0 amide bonds. The third-order valence-electron chi connectivity index (χ3n) is 4.40. The summed E-state index contributed by atoms with van der Waals surface area (Å²) in [4.78, 5) is 27.6. The van der Waals surface area contributed by atoms with Gasteiger partial charge in [-0.3, -0.25) is 23.4 Å². The van der Waals surface area contributed by atoms with Crippen LogP contribution in [0.15, 0.2) is 34.0 Å².